The normalized spacial score (nSPS) is 18.9. The van der Waals surface area contributed by atoms with Crippen molar-refractivity contribution in [3.63, 3.8) is 0 Å². The van der Waals surface area contributed by atoms with Crippen LogP contribution in [0.3, 0.4) is 0 Å². The molecule has 2 aromatic rings. The van der Waals surface area contributed by atoms with E-state index in [0.29, 0.717) is 12.2 Å². The Balaban J connectivity index is 1.57. The van der Waals surface area contributed by atoms with Crippen molar-refractivity contribution in [3.05, 3.63) is 65.4 Å². The van der Waals surface area contributed by atoms with Crippen LogP contribution in [-0.2, 0) is 11.3 Å². The molecule has 29 heavy (non-hydrogen) atoms. The van der Waals surface area contributed by atoms with Gasteiger partial charge in [0.05, 0.1) is 12.2 Å². The van der Waals surface area contributed by atoms with E-state index >= 15 is 4.39 Å². The molecule has 1 aliphatic heterocycles. The van der Waals surface area contributed by atoms with E-state index in [1.54, 1.807) is 6.08 Å². The van der Waals surface area contributed by atoms with E-state index < -0.39 is 11.8 Å². The number of ether oxygens (including phenoxy) is 1. The van der Waals surface area contributed by atoms with Gasteiger partial charge in [0.2, 0.25) is 0 Å². The summed E-state index contributed by atoms with van der Waals surface area (Å²) in [5, 5.41) is 3.28. The smallest absolute Gasteiger partial charge is 0.410 e. The van der Waals surface area contributed by atoms with Gasteiger partial charge in [-0.05, 0) is 42.7 Å². The summed E-state index contributed by atoms with van der Waals surface area (Å²) < 4.78 is 20.5. The summed E-state index contributed by atoms with van der Waals surface area (Å²) in [6, 6.07) is 13.3. The summed E-state index contributed by atoms with van der Waals surface area (Å²) in [6.45, 7) is 5.43. The first kappa shape index (κ1) is 20.8. The lowest BCUT2D eigenvalue weighted by atomic mass is 10.0. The molecule has 1 aliphatic rings. The van der Waals surface area contributed by atoms with Gasteiger partial charge in [0.1, 0.15) is 18.1 Å². The Morgan fingerprint density at radius 2 is 2.10 bits per heavy atom. The number of amides is 1. The minimum Gasteiger partial charge on any atom is -0.445 e. The lowest BCUT2D eigenvalue weighted by molar-refractivity contribution is 0.0988. The first-order valence-corrected chi connectivity index (χ1v) is 10.0. The van der Waals surface area contributed by atoms with Gasteiger partial charge in [0.15, 0.2) is 0 Å². The number of nitrogens with zero attached hydrogens (tertiary/aromatic N) is 2. The molecule has 0 bridgehead atoms. The van der Waals surface area contributed by atoms with E-state index in [1.165, 1.54) is 11.0 Å². The van der Waals surface area contributed by atoms with Crippen molar-refractivity contribution in [1.29, 1.82) is 0 Å². The number of halogens is 1. The molecule has 6 heteroatoms. The predicted octanol–water partition coefficient (Wildman–Crippen LogP) is 4.98. The van der Waals surface area contributed by atoms with Crippen LogP contribution in [0, 0.1) is 6.92 Å². The number of nitrogens with one attached hydrogen (secondary N) is 1. The fourth-order valence-corrected chi connectivity index (χ4v) is 3.19. The van der Waals surface area contributed by atoms with Crippen molar-refractivity contribution < 1.29 is 13.9 Å². The van der Waals surface area contributed by atoms with Crippen molar-refractivity contribution >= 4 is 18.0 Å². The van der Waals surface area contributed by atoms with Crippen molar-refractivity contribution in [3.8, 4) is 0 Å². The highest BCUT2D eigenvalue weighted by atomic mass is 19.1. The average Bonchev–Trinajstić information content (AvgIpc) is 3.14. The van der Waals surface area contributed by atoms with Gasteiger partial charge in [-0.3, -0.25) is 0 Å². The number of benzene rings is 1. The van der Waals surface area contributed by atoms with E-state index in [9.17, 15) is 4.79 Å². The average molecular weight is 397 g/mol. The van der Waals surface area contributed by atoms with E-state index in [0.717, 1.165) is 29.9 Å². The van der Waals surface area contributed by atoms with Gasteiger partial charge in [0.25, 0.3) is 0 Å². The zero-order valence-electron chi connectivity index (χ0n) is 17.0. The number of carbonyl (C=O) groups excluding carboxylic acids is 1. The maximum absolute atomic E-state index is 15.2. The second kappa shape index (κ2) is 9.54. The Bertz CT molecular complexity index is 856. The van der Waals surface area contributed by atoms with Crippen LogP contribution < -0.4 is 5.32 Å². The van der Waals surface area contributed by atoms with E-state index in [1.807, 2.05) is 49.4 Å². The van der Waals surface area contributed by atoms with Crippen LogP contribution >= 0.6 is 0 Å². The first-order valence-electron chi connectivity index (χ1n) is 10.0. The monoisotopic (exact) mass is 397 g/mol. The van der Waals surface area contributed by atoms with E-state index in [4.69, 9.17) is 4.74 Å². The summed E-state index contributed by atoms with van der Waals surface area (Å²) in [5.41, 5.74) is 1.08. The standard InChI is InChI=1S/C23H28FN3O2/c1-3-14-25-21-18(2)9-10-20(26-21)11-12-23(24)13-15-27(17-23)22(28)29-16-19-7-5-4-6-8-19/h4-12H,3,13-17H2,1-2H3,(H,25,26)/b12-11+. The SMILES string of the molecule is CCCNc1nc(/C=C/C2(F)CCN(C(=O)OCc3ccccc3)C2)ccc1C. The van der Waals surface area contributed by atoms with Crippen LogP contribution in [0.5, 0.6) is 0 Å². The molecule has 1 aromatic carbocycles. The number of aryl methyl sites for hydroxylation is 1. The van der Waals surface area contributed by atoms with Crippen molar-refractivity contribution in [1.82, 2.24) is 9.88 Å². The number of anilines is 1. The number of hydrogen-bond donors (Lipinski definition) is 1. The van der Waals surface area contributed by atoms with Gasteiger partial charge in [-0.1, -0.05) is 43.3 Å². The highest BCUT2D eigenvalue weighted by molar-refractivity contribution is 5.68. The highest BCUT2D eigenvalue weighted by Gasteiger charge is 2.38. The minimum absolute atomic E-state index is 0.00999. The second-order valence-electron chi connectivity index (χ2n) is 7.41. The number of carbonyl (C=O) groups is 1. The molecule has 5 nitrogen and oxygen atoms in total. The van der Waals surface area contributed by atoms with Gasteiger partial charge >= 0.3 is 6.09 Å². The molecular weight excluding hydrogens is 369 g/mol. The quantitative estimate of drug-likeness (QED) is 0.716. The Morgan fingerprint density at radius 3 is 2.86 bits per heavy atom. The van der Waals surface area contributed by atoms with Crippen molar-refractivity contribution in [2.45, 2.75) is 39.0 Å². The lowest BCUT2D eigenvalue weighted by Gasteiger charge is -2.18. The summed E-state index contributed by atoms with van der Waals surface area (Å²) in [7, 11) is 0. The summed E-state index contributed by atoms with van der Waals surface area (Å²) in [4.78, 5) is 18.2. The Kier molecular flexibility index (Phi) is 6.86. The molecule has 154 valence electrons. The van der Waals surface area contributed by atoms with Crippen LogP contribution in [0.25, 0.3) is 6.08 Å². The summed E-state index contributed by atoms with van der Waals surface area (Å²) in [6.07, 6.45) is 3.97. The molecule has 1 atom stereocenters. The molecule has 0 radical (unpaired) electrons. The molecule has 1 amide bonds. The topological polar surface area (TPSA) is 54.5 Å². The fourth-order valence-electron chi connectivity index (χ4n) is 3.19. The largest absolute Gasteiger partial charge is 0.445 e. The third kappa shape index (κ3) is 5.79. The van der Waals surface area contributed by atoms with Crippen LogP contribution in [0.1, 0.15) is 36.6 Å². The Labute approximate surface area is 171 Å². The molecule has 0 spiro atoms. The van der Waals surface area contributed by atoms with E-state index in [2.05, 4.69) is 17.2 Å². The molecule has 1 saturated heterocycles. The number of pyridine rings is 1. The molecule has 1 unspecified atom stereocenters. The van der Waals surface area contributed by atoms with Crippen LogP contribution in [-0.4, -0.2) is 41.3 Å². The number of rotatable bonds is 7. The van der Waals surface area contributed by atoms with Crippen LogP contribution in [0.2, 0.25) is 0 Å². The van der Waals surface area contributed by atoms with Crippen LogP contribution in [0.15, 0.2) is 48.5 Å². The summed E-state index contributed by atoms with van der Waals surface area (Å²) in [5.74, 6) is 0.819. The lowest BCUT2D eigenvalue weighted by Crippen LogP contribution is -2.32. The molecular formula is C23H28FN3O2. The molecule has 0 aliphatic carbocycles. The zero-order valence-corrected chi connectivity index (χ0v) is 17.0. The number of aromatic nitrogens is 1. The van der Waals surface area contributed by atoms with E-state index in [-0.39, 0.29) is 19.6 Å². The van der Waals surface area contributed by atoms with Crippen molar-refractivity contribution in [2.75, 3.05) is 25.0 Å². The molecule has 0 saturated carbocycles. The molecule has 1 aromatic heterocycles. The number of alkyl halides is 1. The number of hydrogen-bond acceptors (Lipinski definition) is 4. The maximum Gasteiger partial charge on any atom is 0.410 e. The van der Waals surface area contributed by atoms with Gasteiger partial charge in [-0.2, -0.15) is 0 Å². The van der Waals surface area contributed by atoms with Crippen molar-refractivity contribution in [2.24, 2.45) is 0 Å². The van der Waals surface area contributed by atoms with Gasteiger partial charge in [-0.25, -0.2) is 14.2 Å². The maximum atomic E-state index is 15.2. The first-order chi connectivity index (χ1) is 14.0. The van der Waals surface area contributed by atoms with Gasteiger partial charge < -0.3 is 15.0 Å². The predicted molar refractivity (Wildman–Crippen MR) is 113 cm³/mol. The van der Waals surface area contributed by atoms with Crippen LogP contribution in [0.4, 0.5) is 15.0 Å². The highest BCUT2D eigenvalue weighted by Crippen LogP contribution is 2.28. The minimum atomic E-state index is -1.57. The van der Waals surface area contributed by atoms with Gasteiger partial charge in [0, 0.05) is 19.5 Å². The molecule has 2 heterocycles. The Hall–Kier alpha value is -2.89. The Morgan fingerprint density at radius 1 is 1.31 bits per heavy atom. The molecule has 1 N–H and O–H groups in total. The second-order valence-corrected chi connectivity index (χ2v) is 7.41. The molecule has 3 rings (SSSR count). The zero-order chi connectivity index (χ0) is 20.7. The third-order valence-corrected chi connectivity index (χ3v) is 4.93. The summed E-state index contributed by atoms with van der Waals surface area (Å²) >= 11 is 0. The third-order valence-electron chi connectivity index (χ3n) is 4.93. The van der Waals surface area contributed by atoms with Gasteiger partial charge in [-0.15, -0.1) is 0 Å². The number of likely N-dealkylation sites (tertiary alicyclic amines) is 1. The fraction of sp³-hybridized carbons (Fsp3) is 0.391. The molecule has 1 fully saturated rings.